The molecule has 1 amide bonds. The molecule has 0 atom stereocenters. The predicted molar refractivity (Wildman–Crippen MR) is 122 cm³/mol. The Hall–Kier alpha value is -3.60. The molecule has 0 unspecified atom stereocenters. The molecule has 0 radical (unpaired) electrons. The molecule has 1 saturated carbocycles. The van der Waals surface area contributed by atoms with E-state index in [-0.39, 0.29) is 18.4 Å². The van der Waals surface area contributed by atoms with E-state index in [1.165, 1.54) is 0 Å². The van der Waals surface area contributed by atoms with Crippen molar-refractivity contribution in [1.82, 2.24) is 4.57 Å². The number of esters is 1. The van der Waals surface area contributed by atoms with Crippen molar-refractivity contribution in [3.8, 4) is 11.8 Å². The van der Waals surface area contributed by atoms with Gasteiger partial charge in [-0.05, 0) is 56.5 Å². The fourth-order valence-corrected chi connectivity index (χ4v) is 4.15. The number of hydrogen-bond donors (Lipinski definition) is 1. The van der Waals surface area contributed by atoms with E-state index in [1.807, 2.05) is 18.4 Å². The third-order valence-corrected chi connectivity index (χ3v) is 6.03. The van der Waals surface area contributed by atoms with Gasteiger partial charge in [0.15, 0.2) is 19.0 Å². The van der Waals surface area contributed by atoms with Crippen molar-refractivity contribution in [2.75, 3.05) is 18.5 Å². The molecule has 1 aromatic heterocycles. The number of hydrogen-bond acceptors (Lipinski definition) is 6. The summed E-state index contributed by atoms with van der Waals surface area (Å²) in [7, 11) is 0. The summed E-state index contributed by atoms with van der Waals surface area (Å²) in [6.45, 7) is 4.76. The number of nitrogens with zero attached hydrogens (tertiary/aromatic N) is 2. The Balaban J connectivity index is 1.55. The van der Waals surface area contributed by atoms with Crippen LogP contribution in [0.25, 0.3) is 0 Å². The average molecular weight is 452 g/mol. The molecular formula is C25H29N3O5. The molecule has 0 saturated heterocycles. The van der Waals surface area contributed by atoms with E-state index in [2.05, 4.69) is 11.4 Å². The van der Waals surface area contributed by atoms with Crippen molar-refractivity contribution < 1.29 is 23.9 Å². The summed E-state index contributed by atoms with van der Waals surface area (Å²) in [4.78, 5) is 36.2. The van der Waals surface area contributed by atoms with Gasteiger partial charge in [-0.15, -0.1) is 0 Å². The number of Topliss-reactive ketones (excluding diaryl/α,β-unsaturated/α-hetero) is 1. The summed E-state index contributed by atoms with van der Waals surface area (Å²) in [5.74, 6) is -0.297. The van der Waals surface area contributed by atoms with Crippen molar-refractivity contribution in [2.24, 2.45) is 0 Å². The molecule has 1 aliphatic carbocycles. The zero-order valence-corrected chi connectivity index (χ0v) is 19.3. The van der Waals surface area contributed by atoms with Gasteiger partial charge in [0.1, 0.15) is 17.6 Å². The standard InChI is InChI=1S/C25H29N3O5/c1-4-22(29)18-9-11-20(12-10-18)32-15-24(31)33-14-23(30)27-25-21(13-26)16(2)17(3)28(25)19-7-5-6-8-19/h9-12,19H,4-8,14-15H2,1-3H3,(H,27,30). The van der Waals surface area contributed by atoms with Crippen molar-refractivity contribution >= 4 is 23.5 Å². The van der Waals surface area contributed by atoms with Crippen LogP contribution in [0.5, 0.6) is 5.75 Å². The second-order valence-corrected chi connectivity index (χ2v) is 8.15. The van der Waals surface area contributed by atoms with E-state index < -0.39 is 18.5 Å². The molecule has 1 fully saturated rings. The maximum atomic E-state index is 12.5. The molecule has 0 spiro atoms. The zero-order chi connectivity index (χ0) is 24.0. The van der Waals surface area contributed by atoms with Crippen LogP contribution in [-0.4, -0.2) is 35.4 Å². The maximum Gasteiger partial charge on any atom is 0.344 e. The number of carbonyl (C=O) groups excluding carboxylic acids is 3. The smallest absolute Gasteiger partial charge is 0.344 e. The van der Waals surface area contributed by atoms with Crippen molar-refractivity contribution in [2.45, 2.75) is 58.9 Å². The number of ketones is 1. The summed E-state index contributed by atoms with van der Waals surface area (Å²) in [5, 5.41) is 12.4. The Kier molecular flexibility index (Phi) is 7.88. The summed E-state index contributed by atoms with van der Waals surface area (Å²) in [6, 6.07) is 8.91. The lowest BCUT2D eigenvalue weighted by Crippen LogP contribution is -2.25. The van der Waals surface area contributed by atoms with Gasteiger partial charge in [-0.2, -0.15) is 5.26 Å². The second kappa shape index (κ2) is 10.8. The molecule has 174 valence electrons. The van der Waals surface area contributed by atoms with Gasteiger partial charge in [0, 0.05) is 23.7 Å². The van der Waals surface area contributed by atoms with E-state index in [1.54, 1.807) is 31.2 Å². The fourth-order valence-electron chi connectivity index (χ4n) is 4.15. The van der Waals surface area contributed by atoms with Crippen LogP contribution < -0.4 is 10.1 Å². The Bertz CT molecular complexity index is 1070. The van der Waals surface area contributed by atoms with Gasteiger partial charge >= 0.3 is 5.97 Å². The van der Waals surface area contributed by atoms with Crippen LogP contribution in [0.4, 0.5) is 5.82 Å². The quantitative estimate of drug-likeness (QED) is 0.451. The minimum Gasteiger partial charge on any atom is -0.482 e. The lowest BCUT2D eigenvalue weighted by Gasteiger charge is -2.19. The first-order valence-corrected chi connectivity index (χ1v) is 11.2. The monoisotopic (exact) mass is 451 g/mol. The first-order chi connectivity index (χ1) is 15.8. The van der Waals surface area contributed by atoms with Crippen molar-refractivity contribution in [3.05, 3.63) is 46.6 Å². The van der Waals surface area contributed by atoms with E-state index in [4.69, 9.17) is 9.47 Å². The number of nitriles is 1. The summed E-state index contributed by atoms with van der Waals surface area (Å²) >= 11 is 0. The Morgan fingerprint density at radius 1 is 1.12 bits per heavy atom. The highest BCUT2D eigenvalue weighted by Crippen LogP contribution is 2.37. The number of benzene rings is 1. The van der Waals surface area contributed by atoms with E-state index >= 15 is 0 Å². The SMILES string of the molecule is CCC(=O)c1ccc(OCC(=O)OCC(=O)Nc2c(C#N)c(C)c(C)n2C2CCCC2)cc1. The number of rotatable bonds is 9. The molecule has 8 nitrogen and oxygen atoms in total. The molecule has 8 heteroatoms. The molecule has 1 heterocycles. The lowest BCUT2D eigenvalue weighted by molar-refractivity contribution is -0.149. The largest absolute Gasteiger partial charge is 0.482 e. The van der Waals surface area contributed by atoms with Crippen LogP contribution >= 0.6 is 0 Å². The first-order valence-electron chi connectivity index (χ1n) is 11.2. The highest BCUT2D eigenvalue weighted by molar-refractivity contribution is 5.96. The van der Waals surface area contributed by atoms with Crippen LogP contribution in [0, 0.1) is 25.2 Å². The maximum absolute atomic E-state index is 12.5. The van der Waals surface area contributed by atoms with Crippen LogP contribution in [0.2, 0.25) is 0 Å². The van der Waals surface area contributed by atoms with Crippen LogP contribution in [0.15, 0.2) is 24.3 Å². The fraction of sp³-hybridized carbons (Fsp3) is 0.440. The molecule has 0 bridgehead atoms. The number of amides is 1. The number of nitrogens with one attached hydrogen (secondary N) is 1. The molecule has 2 aromatic rings. The lowest BCUT2D eigenvalue weighted by atomic mass is 10.1. The average Bonchev–Trinajstić information content (AvgIpc) is 3.42. The molecule has 0 aliphatic heterocycles. The van der Waals surface area contributed by atoms with Crippen LogP contribution in [-0.2, 0) is 14.3 Å². The Morgan fingerprint density at radius 2 is 1.79 bits per heavy atom. The molecule has 3 rings (SSSR count). The van der Waals surface area contributed by atoms with Crippen molar-refractivity contribution in [1.29, 1.82) is 5.26 Å². The molecule has 1 aromatic carbocycles. The van der Waals surface area contributed by atoms with Gasteiger partial charge < -0.3 is 19.4 Å². The molecule has 1 N–H and O–H groups in total. The normalized spacial score (nSPS) is 13.4. The second-order valence-electron chi connectivity index (χ2n) is 8.15. The summed E-state index contributed by atoms with van der Waals surface area (Å²) in [6.07, 6.45) is 4.65. The van der Waals surface area contributed by atoms with E-state index in [0.29, 0.717) is 29.1 Å². The van der Waals surface area contributed by atoms with Crippen LogP contribution in [0.1, 0.15) is 72.2 Å². The molecule has 1 aliphatic rings. The minimum absolute atomic E-state index is 0.0241. The summed E-state index contributed by atoms with van der Waals surface area (Å²) in [5.41, 5.74) is 2.82. The zero-order valence-electron chi connectivity index (χ0n) is 19.3. The molecule has 33 heavy (non-hydrogen) atoms. The third-order valence-electron chi connectivity index (χ3n) is 6.03. The van der Waals surface area contributed by atoms with E-state index in [0.717, 1.165) is 36.9 Å². The van der Waals surface area contributed by atoms with Gasteiger partial charge in [-0.3, -0.25) is 9.59 Å². The van der Waals surface area contributed by atoms with Crippen LogP contribution in [0.3, 0.4) is 0 Å². The highest BCUT2D eigenvalue weighted by Gasteiger charge is 2.26. The number of carbonyl (C=O) groups is 3. The minimum atomic E-state index is -0.696. The van der Waals surface area contributed by atoms with Gasteiger partial charge in [0.05, 0.1) is 5.56 Å². The predicted octanol–water partition coefficient (Wildman–Crippen LogP) is 4.25. The summed E-state index contributed by atoms with van der Waals surface area (Å²) < 4.78 is 12.4. The highest BCUT2D eigenvalue weighted by atomic mass is 16.6. The third kappa shape index (κ3) is 5.61. The molecular weight excluding hydrogens is 422 g/mol. The Morgan fingerprint density at radius 3 is 2.39 bits per heavy atom. The topological polar surface area (TPSA) is 110 Å². The number of ether oxygens (including phenoxy) is 2. The van der Waals surface area contributed by atoms with Gasteiger partial charge in [-0.25, -0.2) is 4.79 Å². The van der Waals surface area contributed by atoms with Gasteiger partial charge in [-0.1, -0.05) is 19.8 Å². The van der Waals surface area contributed by atoms with Gasteiger partial charge in [0.25, 0.3) is 5.91 Å². The van der Waals surface area contributed by atoms with Crippen molar-refractivity contribution in [3.63, 3.8) is 0 Å². The first kappa shape index (κ1) is 24.1. The number of anilines is 1. The Labute approximate surface area is 193 Å². The number of aromatic nitrogens is 1. The van der Waals surface area contributed by atoms with Gasteiger partial charge in [0.2, 0.25) is 0 Å². The van der Waals surface area contributed by atoms with E-state index in [9.17, 15) is 19.6 Å².